The molecule has 1 aliphatic rings. The molecule has 0 aliphatic carbocycles. The predicted molar refractivity (Wildman–Crippen MR) is 165 cm³/mol. The summed E-state index contributed by atoms with van der Waals surface area (Å²) in [6, 6.07) is 7.58. The van der Waals surface area contributed by atoms with Crippen LogP contribution >= 0.6 is 0 Å². The summed E-state index contributed by atoms with van der Waals surface area (Å²) >= 11 is 0. The highest BCUT2D eigenvalue weighted by molar-refractivity contribution is 5.91. The van der Waals surface area contributed by atoms with Crippen LogP contribution < -0.4 is 33.7 Å². The molecule has 3 rings (SSSR count). The largest absolute Gasteiger partial charge is 0.493 e. The van der Waals surface area contributed by atoms with Gasteiger partial charge in [0, 0.05) is 37.3 Å². The van der Waals surface area contributed by atoms with E-state index in [1.807, 2.05) is 12.1 Å². The van der Waals surface area contributed by atoms with E-state index in [1.165, 1.54) is 18.4 Å². The van der Waals surface area contributed by atoms with Gasteiger partial charge in [0.25, 0.3) is 0 Å². The van der Waals surface area contributed by atoms with E-state index in [4.69, 9.17) is 28.4 Å². The number of unbranched alkanes of at least 4 members (excludes halogenated alkanes) is 2. The first kappa shape index (κ1) is 33.1. The van der Waals surface area contributed by atoms with Gasteiger partial charge < -0.3 is 43.5 Å². The zero-order chi connectivity index (χ0) is 30.3. The van der Waals surface area contributed by atoms with Crippen molar-refractivity contribution in [1.29, 1.82) is 0 Å². The van der Waals surface area contributed by atoms with Crippen molar-refractivity contribution in [3.05, 3.63) is 29.8 Å². The minimum atomic E-state index is -0.0211. The SMILES string of the molecule is COc1cc(CCCCCN2CCCN(CCCC(=O)Nc3cc(OC)c(OC)c(OC)c3)CC2)cc(OC)c1OC. The molecule has 1 heterocycles. The molecular weight excluding hydrogens is 538 g/mol. The molecule has 1 amide bonds. The van der Waals surface area contributed by atoms with E-state index < -0.39 is 0 Å². The van der Waals surface area contributed by atoms with Crippen LogP contribution in [0.25, 0.3) is 0 Å². The molecule has 0 unspecified atom stereocenters. The molecule has 1 N–H and O–H groups in total. The Balaban J connectivity index is 1.34. The second-order valence-electron chi connectivity index (χ2n) is 10.4. The number of carbonyl (C=O) groups is 1. The average Bonchev–Trinajstić information content (AvgIpc) is 3.24. The normalized spacial score (nSPS) is 14.1. The monoisotopic (exact) mass is 587 g/mol. The van der Waals surface area contributed by atoms with Gasteiger partial charge in [0.15, 0.2) is 23.0 Å². The fraction of sp³-hybridized carbons (Fsp3) is 0.594. The van der Waals surface area contributed by atoms with E-state index in [-0.39, 0.29) is 5.91 Å². The summed E-state index contributed by atoms with van der Waals surface area (Å²) in [4.78, 5) is 17.7. The molecule has 0 atom stereocenters. The van der Waals surface area contributed by atoms with Crippen molar-refractivity contribution in [1.82, 2.24) is 9.80 Å². The van der Waals surface area contributed by atoms with Crippen LogP contribution in [0.15, 0.2) is 24.3 Å². The maximum absolute atomic E-state index is 12.6. The molecule has 2 aromatic carbocycles. The number of rotatable bonds is 17. The molecule has 1 fully saturated rings. The van der Waals surface area contributed by atoms with Crippen molar-refractivity contribution >= 4 is 11.6 Å². The quantitative estimate of drug-likeness (QED) is 0.260. The number of benzene rings is 2. The Hall–Kier alpha value is -3.37. The molecule has 0 aromatic heterocycles. The van der Waals surface area contributed by atoms with E-state index in [9.17, 15) is 4.79 Å². The Morgan fingerprint density at radius 1 is 0.643 bits per heavy atom. The van der Waals surface area contributed by atoms with E-state index in [2.05, 4.69) is 15.1 Å². The second kappa shape index (κ2) is 17.6. The smallest absolute Gasteiger partial charge is 0.224 e. The van der Waals surface area contributed by atoms with Crippen LogP contribution in [0.4, 0.5) is 5.69 Å². The van der Waals surface area contributed by atoms with Gasteiger partial charge in [0.1, 0.15) is 0 Å². The van der Waals surface area contributed by atoms with Crippen molar-refractivity contribution in [2.45, 2.75) is 44.9 Å². The third-order valence-electron chi connectivity index (χ3n) is 7.67. The van der Waals surface area contributed by atoms with Crippen LogP contribution in [0.1, 0.15) is 44.1 Å². The number of hydrogen-bond donors (Lipinski definition) is 1. The Labute approximate surface area is 251 Å². The van der Waals surface area contributed by atoms with E-state index in [0.717, 1.165) is 65.0 Å². The number of nitrogens with one attached hydrogen (secondary N) is 1. The van der Waals surface area contributed by atoms with Crippen molar-refractivity contribution in [2.75, 3.05) is 87.2 Å². The van der Waals surface area contributed by atoms with Gasteiger partial charge in [-0.25, -0.2) is 0 Å². The Morgan fingerprint density at radius 2 is 1.14 bits per heavy atom. The number of hydrogen-bond acceptors (Lipinski definition) is 9. The fourth-order valence-corrected chi connectivity index (χ4v) is 5.43. The van der Waals surface area contributed by atoms with Crippen LogP contribution in [0.2, 0.25) is 0 Å². The lowest BCUT2D eigenvalue weighted by Crippen LogP contribution is -2.32. The molecule has 0 radical (unpaired) electrons. The Bertz CT molecular complexity index is 1080. The lowest BCUT2D eigenvalue weighted by molar-refractivity contribution is -0.116. The lowest BCUT2D eigenvalue weighted by Gasteiger charge is -2.21. The van der Waals surface area contributed by atoms with Crippen LogP contribution in [-0.2, 0) is 11.2 Å². The summed E-state index contributed by atoms with van der Waals surface area (Å²) in [7, 11) is 9.61. The van der Waals surface area contributed by atoms with Gasteiger partial charge in [-0.2, -0.15) is 0 Å². The minimum Gasteiger partial charge on any atom is -0.493 e. The van der Waals surface area contributed by atoms with Crippen molar-refractivity contribution in [3.63, 3.8) is 0 Å². The number of methoxy groups -OCH3 is 6. The maximum Gasteiger partial charge on any atom is 0.224 e. The second-order valence-corrected chi connectivity index (χ2v) is 10.4. The number of ether oxygens (including phenoxy) is 6. The highest BCUT2D eigenvalue weighted by atomic mass is 16.5. The number of carbonyl (C=O) groups excluding carboxylic acids is 1. The van der Waals surface area contributed by atoms with E-state index in [0.29, 0.717) is 46.6 Å². The summed E-state index contributed by atoms with van der Waals surface area (Å²) in [6.07, 6.45) is 6.90. The molecule has 234 valence electrons. The molecule has 1 aliphatic heterocycles. The number of nitrogens with zero attached hydrogens (tertiary/aromatic N) is 2. The van der Waals surface area contributed by atoms with Gasteiger partial charge in [-0.1, -0.05) is 6.42 Å². The molecule has 10 heteroatoms. The van der Waals surface area contributed by atoms with Crippen molar-refractivity contribution in [2.24, 2.45) is 0 Å². The summed E-state index contributed by atoms with van der Waals surface area (Å²) < 4.78 is 32.5. The zero-order valence-corrected chi connectivity index (χ0v) is 26.3. The zero-order valence-electron chi connectivity index (χ0n) is 26.3. The topological polar surface area (TPSA) is 91.0 Å². The highest BCUT2D eigenvalue weighted by Crippen LogP contribution is 2.40. The van der Waals surface area contributed by atoms with E-state index in [1.54, 1.807) is 54.8 Å². The molecule has 0 bridgehead atoms. The van der Waals surface area contributed by atoms with Gasteiger partial charge in [-0.05, 0) is 76.0 Å². The molecule has 0 spiro atoms. The molecule has 1 saturated heterocycles. The first-order valence-electron chi connectivity index (χ1n) is 14.8. The standard InChI is InChI=1S/C32H49N3O7/c1-37-26-20-24(21-27(38-2)31(26)41-5)12-8-7-9-14-34-16-11-17-35(19-18-34)15-10-13-30(36)33-25-22-28(39-3)32(42-6)29(23-25)40-4/h20-23H,7-19H2,1-6H3,(H,33,36). The van der Waals surface area contributed by atoms with Crippen LogP contribution in [-0.4, -0.2) is 97.6 Å². The van der Waals surface area contributed by atoms with Gasteiger partial charge in [0.05, 0.1) is 42.7 Å². The third-order valence-corrected chi connectivity index (χ3v) is 7.67. The van der Waals surface area contributed by atoms with Gasteiger partial charge >= 0.3 is 0 Å². The third kappa shape index (κ3) is 9.59. The summed E-state index contributed by atoms with van der Waals surface area (Å²) in [5.74, 6) is 3.56. The van der Waals surface area contributed by atoms with E-state index >= 15 is 0 Å². The first-order chi connectivity index (χ1) is 20.5. The fourth-order valence-electron chi connectivity index (χ4n) is 5.43. The summed E-state index contributed by atoms with van der Waals surface area (Å²) in [5.41, 5.74) is 1.83. The molecule has 0 saturated carbocycles. The molecule has 2 aromatic rings. The summed E-state index contributed by atoms with van der Waals surface area (Å²) in [5, 5.41) is 2.96. The average molecular weight is 588 g/mol. The highest BCUT2D eigenvalue weighted by Gasteiger charge is 2.17. The Morgan fingerprint density at radius 3 is 1.64 bits per heavy atom. The van der Waals surface area contributed by atoms with Gasteiger partial charge in [0.2, 0.25) is 17.4 Å². The molecule has 10 nitrogen and oxygen atoms in total. The van der Waals surface area contributed by atoms with Crippen LogP contribution in [0.3, 0.4) is 0 Å². The first-order valence-corrected chi connectivity index (χ1v) is 14.8. The van der Waals surface area contributed by atoms with Gasteiger partial charge in [-0.3, -0.25) is 4.79 Å². The molecular formula is C32H49N3O7. The van der Waals surface area contributed by atoms with Crippen molar-refractivity contribution in [3.8, 4) is 34.5 Å². The van der Waals surface area contributed by atoms with Crippen LogP contribution in [0, 0.1) is 0 Å². The van der Waals surface area contributed by atoms with Gasteiger partial charge in [-0.15, -0.1) is 0 Å². The maximum atomic E-state index is 12.6. The summed E-state index contributed by atoms with van der Waals surface area (Å²) in [6.45, 7) is 6.37. The van der Waals surface area contributed by atoms with Crippen LogP contribution in [0.5, 0.6) is 34.5 Å². The predicted octanol–water partition coefficient (Wildman–Crippen LogP) is 4.88. The lowest BCUT2D eigenvalue weighted by atomic mass is 10.1. The Kier molecular flexibility index (Phi) is 13.8. The number of anilines is 1. The molecule has 42 heavy (non-hydrogen) atoms. The number of amides is 1. The van der Waals surface area contributed by atoms with Crippen molar-refractivity contribution < 1.29 is 33.2 Å². The number of aryl methyl sites for hydroxylation is 1. The minimum absolute atomic E-state index is 0.0211.